The van der Waals surface area contributed by atoms with Gasteiger partial charge in [-0.25, -0.2) is 9.78 Å². The summed E-state index contributed by atoms with van der Waals surface area (Å²) < 4.78 is 1.25. The second-order valence-corrected chi connectivity index (χ2v) is 7.36. The molecule has 2 heterocycles. The monoisotopic (exact) mass is 414 g/mol. The Labute approximate surface area is 178 Å². The van der Waals surface area contributed by atoms with Gasteiger partial charge in [0.15, 0.2) is 0 Å². The molecule has 0 spiro atoms. The molecule has 0 bridgehead atoms. The molecular formula is C24H22N4O3. The second kappa shape index (κ2) is 8.79. The number of carbonyl (C=O) groups excluding carboxylic acids is 1. The summed E-state index contributed by atoms with van der Waals surface area (Å²) in [5.74, 6) is -0.220. The fraction of sp³-hybridized carbons (Fsp3) is 0.167. The standard InChI is InChI=1S/C24H22N4O3/c1-27-21-20(22(29)26-24(27)31)14-19(15-25-21)23(30)28(16-18-10-6-3-7-11-18)13-12-17-8-4-2-5-9-17/h2-11,14-15H,12-13,16H2,1H3,(H,26,29,31). The molecule has 0 aliphatic rings. The molecule has 0 aliphatic carbocycles. The molecule has 0 saturated heterocycles. The number of hydrogen-bond donors (Lipinski definition) is 1. The topological polar surface area (TPSA) is 88.1 Å². The van der Waals surface area contributed by atoms with Crippen LogP contribution < -0.4 is 11.2 Å². The van der Waals surface area contributed by atoms with E-state index in [4.69, 9.17) is 0 Å². The highest BCUT2D eigenvalue weighted by Crippen LogP contribution is 2.14. The zero-order chi connectivity index (χ0) is 21.8. The van der Waals surface area contributed by atoms with E-state index in [1.807, 2.05) is 60.7 Å². The van der Waals surface area contributed by atoms with Crippen LogP contribution in [0.15, 0.2) is 82.5 Å². The number of rotatable bonds is 6. The molecule has 156 valence electrons. The van der Waals surface area contributed by atoms with Gasteiger partial charge in [0.05, 0.1) is 10.9 Å². The molecule has 0 fully saturated rings. The van der Waals surface area contributed by atoms with Crippen LogP contribution in [-0.2, 0) is 20.0 Å². The van der Waals surface area contributed by atoms with Crippen molar-refractivity contribution < 1.29 is 4.79 Å². The minimum absolute atomic E-state index is 0.204. The molecule has 2 aromatic heterocycles. The van der Waals surface area contributed by atoms with Crippen molar-refractivity contribution in [2.45, 2.75) is 13.0 Å². The normalized spacial score (nSPS) is 10.9. The van der Waals surface area contributed by atoms with Crippen molar-refractivity contribution in [2.24, 2.45) is 7.05 Å². The molecule has 0 aliphatic heterocycles. The fourth-order valence-corrected chi connectivity index (χ4v) is 3.50. The zero-order valence-corrected chi connectivity index (χ0v) is 17.1. The molecule has 0 atom stereocenters. The Morgan fingerprint density at radius 1 is 1.00 bits per heavy atom. The lowest BCUT2D eigenvalue weighted by molar-refractivity contribution is 0.0745. The first kappa shape index (κ1) is 20.3. The molecular weight excluding hydrogens is 392 g/mol. The van der Waals surface area contributed by atoms with Crippen molar-refractivity contribution in [3.8, 4) is 0 Å². The third kappa shape index (κ3) is 4.45. The lowest BCUT2D eigenvalue weighted by Crippen LogP contribution is -2.33. The van der Waals surface area contributed by atoms with E-state index >= 15 is 0 Å². The lowest BCUT2D eigenvalue weighted by Gasteiger charge is -2.23. The molecule has 4 aromatic rings. The summed E-state index contributed by atoms with van der Waals surface area (Å²) in [6.45, 7) is 0.952. The number of nitrogens with zero attached hydrogens (tertiary/aromatic N) is 3. The van der Waals surface area contributed by atoms with E-state index in [0.717, 1.165) is 11.1 Å². The maximum absolute atomic E-state index is 13.4. The summed E-state index contributed by atoms with van der Waals surface area (Å²) >= 11 is 0. The van der Waals surface area contributed by atoms with Gasteiger partial charge in [-0.3, -0.25) is 19.1 Å². The first-order valence-corrected chi connectivity index (χ1v) is 9.99. The van der Waals surface area contributed by atoms with Crippen LogP contribution in [0.3, 0.4) is 0 Å². The Morgan fingerprint density at radius 3 is 2.32 bits per heavy atom. The van der Waals surface area contributed by atoms with Gasteiger partial charge in [-0.05, 0) is 23.6 Å². The van der Waals surface area contributed by atoms with Gasteiger partial charge in [-0.2, -0.15) is 0 Å². The maximum atomic E-state index is 13.4. The smallest absolute Gasteiger partial charge is 0.329 e. The largest absolute Gasteiger partial charge is 0.334 e. The summed E-state index contributed by atoms with van der Waals surface area (Å²) in [6, 6.07) is 21.2. The number of aromatic nitrogens is 3. The van der Waals surface area contributed by atoms with Crippen molar-refractivity contribution in [3.63, 3.8) is 0 Å². The number of nitrogens with one attached hydrogen (secondary N) is 1. The quantitative estimate of drug-likeness (QED) is 0.525. The van der Waals surface area contributed by atoms with Gasteiger partial charge in [-0.1, -0.05) is 60.7 Å². The number of benzene rings is 2. The highest BCUT2D eigenvalue weighted by molar-refractivity contribution is 5.96. The molecule has 7 nitrogen and oxygen atoms in total. The summed E-state index contributed by atoms with van der Waals surface area (Å²) in [5, 5.41) is 0.204. The average molecular weight is 414 g/mol. The van der Waals surface area contributed by atoms with Gasteiger partial charge in [-0.15, -0.1) is 0 Å². The first-order valence-electron chi connectivity index (χ1n) is 9.99. The first-order chi connectivity index (χ1) is 15.0. The maximum Gasteiger partial charge on any atom is 0.329 e. The summed E-state index contributed by atoms with van der Waals surface area (Å²) in [6.07, 6.45) is 2.12. The van der Waals surface area contributed by atoms with Gasteiger partial charge < -0.3 is 4.90 Å². The zero-order valence-electron chi connectivity index (χ0n) is 17.1. The van der Waals surface area contributed by atoms with Crippen LogP contribution in [0.4, 0.5) is 0 Å². The number of carbonyl (C=O) groups is 1. The van der Waals surface area contributed by atoms with Crippen molar-refractivity contribution in [1.29, 1.82) is 0 Å². The van der Waals surface area contributed by atoms with E-state index in [9.17, 15) is 14.4 Å². The van der Waals surface area contributed by atoms with Crippen LogP contribution in [0.5, 0.6) is 0 Å². The lowest BCUT2D eigenvalue weighted by atomic mass is 10.1. The van der Waals surface area contributed by atoms with E-state index in [1.54, 1.807) is 4.90 Å². The predicted octanol–water partition coefficient (Wildman–Crippen LogP) is 2.51. The number of hydrogen-bond acceptors (Lipinski definition) is 4. The van der Waals surface area contributed by atoms with Crippen LogP contribution >= 0.6 is 0 Å². The van der Waals surface area contributed by atoms with Crippen LogP contribution in [0.1, 0.15) is 21.5 Å². The minimum atomic E-state index is -0.556. The van der Waals surface area contributed by atoms with Gasteiger partial charge in [0.1, 0.15) is 5.65 Å². The number of aromatic amines is 1. The number of aryl methyl sites for hydroxylation is 1. The molecule has 2 aromatic carbocycles. The van der Waals surface area contributed by atoms with E-state index in [2.05, 4.69) is 9.97 Å². The molecule has 0 unspecified atom stereocenters. The van der Waals surface area contributed by atoms with E-state index in [-0.39, 0.29) is 16.9 Å². The second-order valence-electron chi connectivity index (χ2n) is 7.36. The van der Waals surface area contributed by atoms with Crippen LogP contribution in [0, 0.1) is 0 Å². The molecule has 0 radical (unpaired) electrons. The minimum Gasteiger partial charge on any atom is -0.334 e. The molecule has 7 heteroatoms. The predicted molar refractivity (Wildman–Crippen MR) is 119 cm³/mol. The summed E-state index contributed by atoms with van der Waals surface area (Å²) in [5.41, 5.74) is 1.59. The number of H-pyrrole nitrogens is 1. The Hall–Kier alpha value is -4.00. The van der Waals surface area contributed by atoms with Gasteiger partial charge in [0.2, 0.25) is 0 Å². The SMILES string of the molecule is Cn1c(=O)[nH]c(=O)c2cc(C(=O)N(CCc3ccccc3)Cc3ccccc3)cnc21. The number of fused-ring (bicyclic) bond motifs is 1. The van der Waals surface area contributed by atoms with Crippen LogP contribution in [0.25, 0.3) is 11.0 Å². The number of amides is 1. The third-order valence-corrected chi connectivity index (χ3v) is 5.22. The molecule has 1 N–H and O–H groups in total. The fourth-order valence-electron chi connectivity index (χ4n) is 3.50. The van der Waals surface area contributed by atoms with E-state index < -0.39 is 11.2 Å². The molecule has 31 heavy (non-hydrogen) atoms. The van der Waals surface area contributed by atoms with E-state index in [0.29, 0.717) is 25.1 Å². The van der Waals surface area contributed by atoms with Gasteiger partial charge in [0.25, 0.3) is 11.5 Å². The Kier molecular flexibility index (Phi) is 5.75. The van der Waals surface area contributed by atoms with Gasteiger partial charge >= 0.3 is 5.69 Å². The average Bonchev–Trinajstić information content (AvgIpc) is 2.81. The summed E-state index contributed by atoms with van der Waals surface area (Å²) in [7, 11) is 1.52. The Morgan fingerprint density at radius 2 is 1.65 bits per heavy atom. The van der Waals surface area contributed by atoms with Crippen molar-refractivity contribution in [1.82, 2.24) is 19.4 Å². The number of pyridine rings is 1. The highest BCUT2D eigenvalue weighted by Gasteiger charge is 2.18. The van der Waals surface area contributed by atoms with E-state index in [1.165, 1.54) is 23.9 Å². The third-order valence-electron chi connectivity index (χ3n) is 5.22. The highest BCUT2D eigenvalue weighted by atomic mass is 16.2. The van der Waals surface area contributed by atoms with Crippen molar-refractivity contribution in [3.05, 3.63) is 110 Å². The van der Waals surface area contributed by atoms with Crippen LogP contribution in [-0.4, -0.2) is 31.9 Å². The van der Waals surface area contributed by atoms with Crippen LogP contribution in [0.2, 0.25) is 0 Å². The Balaban J connectivity index is 1.67. The Bertz CT molecular complexity index is 1330. The van der Waals surface area contributed by atoms with Gasteiger partial charge in [0, 0.05) is 26.3 Å². The molecule has 0 saturated carbocycles. The van der Waals surface area contributed by atoms with Crippen molar-refractivity contribution in [2.75, 3.05) is 6.54 Å². The molecule has 4 rings (SSSR count). The summed E-state index contributed by atoms with van der Waals surface area (Å²) in [4.78, 5) is 45.7. The van der Waals surface area contributed by atoms with Crippen molar-refractivity contribution >= 4 is 16.9 Å². The molecule has 1 amide bonds.